The number of nitrogens with two attached hydrogens (primary N) is 2. The Morgan fingerprint density at radius 1 is 0.625 bits per heavy atom. The van der Waals surface area contributed by atoms with Crippen molar-refractivity contribution in [3.63, 3.8) is 0 Å². The maximum Gasteiger partial charge on any atom is 0.337 e. The Hall–Kier alpha value is -1.28. The molecule has 1 aliphatic carbocycles. The fraction of sp³-hybridized carbons (Fsp3) is 0.300. The van der Waals surface area contributed by atoms with E-state index in [-0.39, 0.29) is 11.1 Å². The molecule has 6 nitrogen and oxygen atoms in total. The molecule has 0 saturated heterocycles. The van der Waals surface area contributed by atoms with Crippen molar-refractivity contribution < 1.29 is 19.8 Å². The number of aromatic carboxylic acids is 2. The second-order valence-electron chi connectivity index (χ2n) is 6.49. The van der Waals surface area contributed by atoms with Crippen LogP contribution in [-0.4, -0.2) is 54.4 Å². The Morgan fingerprint density at radius 3 is 1.28 bits per heavy atom. The van der Waals surface area contributed by atoms with Crippen LogP contribution in [0.2, 0.25) is 0 Å². The number of hydrogen-bond donors (Lipinski definition) is 4. The van der Waals surface area contributed by atoms with Crippen molar-refractivity contribution in [2.75, 3.05) is 11.5 Å². The van der Waals surface area contributed by atoms with Crippen LogP contribution < -0.4 is 11.5 Å². The second-order valence-corrected chi connectivity index (χ2v) is 9.51. The number of halogens is 6. The molecule has 2 aromatic carbocycles. The number of carbonyl (C=O) groups is 2. The van der Waals surface area contributed by atoms with Crippen molar-refractivity contribution in [3.05, 3.63) is 59.7 Å². The van der Waals surface area contributed by atoms with E-state index < -0.39 is 44.2 Å². The Bertz CT molecular complexity index is 843. The van der Waals surface area contributed by atoms with Crippen molar-refractivity contribution in [2.45, 2.75) is 32.3 Å². The van der Waals surface area contributed by atoms with Gasteiger partial charge in [-0.1, -0.05) is 12.1 Å². The van der Waals surface area contributed by atoms with E-state index in [1.54, 1.807) is 30.3 Å². The Morgan fingerprint density at radius 2 is 1.00 bits per heavy atom. The average molecular weight is 565 g/mol. The lowest BCUT2D eigenvalue weighted by atomic mass is 9.97. The van der Waals surface area contributed by atoms with Gasteiger partial charge in [-0.3, -0.25) is 0 Å². The number of anilines is 2. The first-order chi connectivity index (χ1) is 14.9. The van der Waals surface area contributed by atoms with Gasteiger partial charge in [-0.25, -0.2) is 9.59 Å². The Balaban J connectivity index is 0.000000241. The highest BCUT2D eigenvalue weighted by atomic mass is 35.5. The van der Waals surface area contributed by atoms with E-state index in [1.165, 1.54) is 18.2 Å². The molecule has 0 bridgehead atoms. The van der Waals surface area contributed by atoms with Gasteiger partial charge < -0.3 is 21.7 Å². The average Bonchev–Trinajstić information content (AvgIpc) is 2.76. The van der Waals surface area contributed by atoms with Crippen LogP contribution in [0.15, 0.2) is 48.5 Å². The molecule has 3 rings (SSSR count). The third-order valence-corrected chi connectivity index (χ3v) is 8.21. The van der Waals surface area contributed by atoms with Gasteiger partial charge in [0.1, 0.15) is 0 Å². The van der Waals surface area contributed by atoms with E-state index in [2.05, 4.69) is 0 Å². The molecule has 1 fully saturated rings. The molecule has 176 valence electrons. The van der Waals surface area contributed by atoms with E-state index >= 15 is 0 Å². The number of carboxylic acids is 2. The molecule has 0 aromatic heterocycles. The van der Waals surface area contributed by atoms with Gasteiger partial charge >= 0.3 is 11.9 Å². The number of hydrogen-bond acceptors (Lipinski definition) is 4. The van der Waals surface area contributed by atoms with Crippen molar-refractivity contribution >= 4 is 92.9 Å². The largest absolute Gasteiger partial charge is 0.478 e. The highest BCUT2D eigenvalue weighted by molar-refractivity contribution is 6.45. The SMILES string of the molecule is ClC1C(Cl)C(Cl)C(Cl)C(Cl)C1Cl.Nc1ccc(C(=O)O)cc1.Nc1ccccc1C(=O)O. The van der Waals surface area contributed by atoms with Gasteiger partial charge in [-0.15, -0.1) is 69.6 Å². The smallest absolute Gasteiger partial charge is 0.337 e. The molecule has 12 heteroatoms. The number of rotatable bonds is 2. The molecular weight excluding hydrogens is 545 g/mol. The number of benzene rings is 2. The first-order valence-electron chi connectivity index (χ1n) is 8.89. The van der Waals surface area contributed by atoms with Gasteiger partial charge in [0.2, 0.25) is 0 Å². The summed E-state index contributed by atoms with van der Waals surface area (Å²) in [7, 11) is 0. The van der Waals surface area contributed by atoms with E-state index in [0.717, 1.165) is 0 Å². The highest BCUT2D eigenvalue weighted by Crippen LogP contribution is 2.39. The standard InChI is InChI=1S/2C7H7NO2.C6H6Cl6/c8-6-3-1-5(2-4-6)7(9)10;8-6-4-2-1-3-5(6)7(9)10;7-1-2(8)4(10)6(12)5(11)3(1)9/h2*1-4H,8H2,(H,9,10);1-6H. The monoisotopic (exact) mass is 562 g/mol. The summed E-state index contributed by atoms with van der Waals surface area (Å²) in [6, 6.07) is 12.4. The molecule has 0 atom stereocenters. The first kappa shape index (κ1) is 28.8. The zero-order valence-corrected chi connectivity index (χ0v) is 20.8. The van der Waals surface area contributed by atoms with Gasteiger partial charge in [0.25, 0.3) is 0 Å². The van der Waals surface area contributed by atoms with Crippen LogP contribution in [0.3, 0.4) is 0 Å². The first-order valence-corrected chi connectivity index (χ1v) is 11.5. The summed E-state index contributed by atoms with van der Waals surface area (Å²) in [5.74, 6) is -1.92. The molecule has 0 unspecified atom stereocenters. The van der Waals surface area contributed by atoms with Gasteiger partial charge in [-0.2, -0.15) is 0 Å². The number of para-hydroxylation sites is 1. The lowest BCUT2D eigenvalue weighted by Crippen LogP contribution is -2.52. The molecule has 0 radical (unpaired) electrons. The van der Waals surface area contributed by atoms with Crippen molar-refractivity contribution in [2.24, 2.45) is 0 Å². The van der Waals surface area contributed by atoms with Crippen LogP contribution in [0, 0.1) is 0 Å². The molecule has 1 aliphatic rings. The van der Waals surface area contributed by atoms with Gasteiger partial charge in [0.05, 0.1) is 43.4 Å². The number of alkyl halides is 6. The van der Waals surface area contributed by atoms with Gasteiger partial charge in [0.15, 0.2) is 0 Å². The summed E-state index contributed by atoms with van der Waals surface area (Å²) in [6.07, 6.45) is 0. The quantitative estimate of drug-likeness (QED) is 0.279. The van der Waals surface area contributed by atoms with Crippen LogP contribution >= 0.6 is 69.6 Å². The fourth-order valence-electron chi connectivity index (χ4n) is 2.37. The third kappa shape index (κ3) is 8.25. The van der Waals surface area contributed by atoms with E-state index in [4.69, 9.17) is 91.3 Å². The number of carboxylic acid groups (broad SMARTS) is 2. The van der Waals surface area contributed by atoms with Crippen LogP contribution in [0.4, 0.5) is 11.4 Å². The highest BCUT2D eigenvalue weighted by Gasteiger charge is 2.46. The van der Waals surface area contributed by atoms with Crippen LogP contribution in [0.1, 0.15) is 20.7 Å². The predicted molar refractivity (Wildman–Crippen MR) is 133 cm³/mol. The predicted octanol–water partition coefficient (Wildman–Crippen LogP) is 5.58. The summed E-state index contributed by atoms with van der Waals surface area (Å²) in [4.78, 5) is 20.6. The number of nitrogen functional groups attached to an aromatic ring is 2. The second kappa shape index (κ2) is 13.4. The zero-order chi connectivity index (χ0) is 24.6. The van der Waals surface area contributed by atoms with Gasteiger partial charge in [-0.05, 0) is 36.4 Å². The lowest BCUT2D eigenvalue weighted by Gasteiger charge is -2.37. The molecule has 0 aliphatic heterocycles. The van der Waals surface area contributed by atoms with E-state index in [9.17, 15) is 9.59 Å². The van der Waals surface area contributed by atoms with E-state index in [0.29, 0.717) is 11.4 Å². The molecule has 6 N–H and O–H groups in total. The minimum Gasteiger partial charge on any atom is -0.478 e. The normalized spacial score (nSPS) is 26.6. The molecule has 32 heavy (non-hydrogen) atoms. The summed E-state index contributed by atoms with van der Waals surface area (Å²) in [5, 5.41) is 14.3. The maximum absolute atomic E-state index is 10.3. The summed E-state index contributed by atoms with van der Waals surface area (Å²) in [6.45, 7) is 0. The topological polar surface area (TPSA) is 127 Å². The molecular formula is C20H20Cl6N2O4. The molecule has 0 amide bonds. The minimum absolute atomic E-state index is 0.155. The summed E-state index contributed by atoms with van der Waals surface area (Å²) < 4.78 is 0. The minimum atomic E-state index is -0.988. The fourth-order valence-corrected chi connectivity index (χ4v) is 4.70. The molecule has 2 aromatic rings. The third-order valence-electron chi connectivity index (χ3n) is 4.17. The summed E-state index contributed by atoms with van der Waals surface area (Å²) >= 11 is 35.3. The summed E-state index contributed by atoms with van der Waals surface area (Å²) in [5.41, 5.74) is 12.0. The van der Waals surface area contributed by atoms with Crippen molar-refractivity contribution in [3.8, 4) is 0 Å². The van der Waals surface area contributed by atoms with E-state index in [1.807, 2.05) is 0 Å². The molecule has 0 heterocycles. The Labute approximate surface area is 215 Å². The molecule has 1 saturated carbocycles. The van der Waals surface area contributed by atoms with Crippen LogP contribution in [-0.2, 0) is 0 Å². The zero-order valence-electron chi connectivity index (χ0n) is 16.2. The van der Waals surface area contributed by atoms with Gasteiger partial charge in [0, 0.05) is 11.4 Å². The lowest BCUT2D eigenvalue weighted by molar-refractivity contribution is 0.0686. The Kier molecular flexibility index (Phi) is 12.1. The molecule has 0 spiro atoms. The van der Waals surface area contributed by atoms with Crippen LogP contribution in [0.25, 0.3) is 0 Å². The van der Waals surface area contributed by atoms with Crippen LogP contribution in [0.5, 0.6) is 0 Å². The maximum atomic E-state index is 10.3. The van der Waals surface area contributed by atoms with Crippen molar-refractivity contribution in [1.82, 2.24) is 0 Å². The van der Waals surface area contributed by atoms with Crippen molar-refractivity contribution in [1.29, 1.82) is 0 Å².